The van der Waals surface area contributed by atoms with Crippen molar-refractivity contribution >= 4 is 11.8 Å². The quantitative estimate of drug-likeness (QED) is 0.578. The Hall–Kier alpha value is -2.22. The van der Waals surface area contributed by atoms with Crippen LogP contribution in [0, 0.1) is 6.92 Å². The van der Waals surface area contributed by atoms with Gasteiger partial charge in [0.05, 0.1) is 17.4 Å². The fourth-order valence-corrected chi connectivity index (χ4v) is 2.95. The third kappa shape index (κ3) is 3.48. The highest BCUT2D eigenvalue weighted by molar-refractivity contribution is 7.99. The molecule has 3 aromatic rings. The van der Waals surface area contributed by atoms with Crippen LogP contribution < -0.4 is 0 Å². The van der Waals surface area contributed by atoms with Crippen LogP contribution in [0.15, 0.2) is 50.7 Å². The van der Waals surface area contributed by atoms with E-state index in [-0.39, 0.29) is 5.25 Å². The molecule has 0 saturated heterocycles. The summed E-state index contributed by atoms with van der Waals surface area (Å²) < 4.78 is 48.5. The Balaban J connectivity index is 1.72. The van der Waals surface area contributed by atoms with E-state index in [9.17, 15) is 13.2 Å². The van der Waals surface area contributed by atoms with Crippen molar-refractivity contribution in [3.05, 3.63) is 53.5 Å². The van der Waals surface area contributed by atoms with E-state index in [1.54, 1.807) is 13.0 Å². The normalized spacial score (nSPS) is 13.2. The van der Waals surface area contributed by atoms with Crippen LogP contribution in [0.2, 0.25) is 0 Å². The van der Waals surface area contributed by atoms with Crippen LogP contribution in [0.3, 0.4) is 0 Å². The number of benzene rings is 1. The Morgan fingerprint density at radius 2 is 1.79 bits per heavy atom. The zero-order valence-electron chi connectivity index (χ0n) is 12.8. The second kappa shape index (κ2) is 6.35. The predicted octanol–water partition coefficient (Wildman–Crippen LogP) is 5.51. The van der Waals surface area contributed by atoms with Crippen LogP contribution in [-0.2, 0) is 6.18 Å². The van der Waals surface area contributed by atoms with Gasteiger partial charge in [0.25, 0.3) is 11.1 Å². The average Bonchev–Trinajstić information content (AvgIpc) is 3.15. The lowest BCUT2D eigenvalue weighted by Gasteiger charge is -2.11. The largest absolute Gasteiger partial charge is 0.469 e. The van der Waals surface area contributed by atoms with Crippen LogP contribution in [-0.4, -0.2) is 10.2 Å². The summed E-state index contributed by atoms with van der Waals surface area (Å²) in [5, 5.41) is 8.14. The van der Waals surface area contributed by atoms with E-state index in [0.717, 1.165) is 23.3 Å². The molecule has 2 heterocycles. The van der Waals surface area contributed by atoms with Crippen molar-refractivity contribution in [3.8, 4) is 11.5 Å². The lowest BCUT2D eigenvalue weighted by molar-refractivity contribution is -0.137. The number of hydrogen-bond acceptors (Lipinski definition) is 5. The highest BCUT2D eigenvalue weighted by atomic mass is 32.2. The third-order valence-corrected chi connectivity index (χ3v) is 4.47. The number of hydrogen-bond donors (Lipinski definition) is 0. The van der Waals surface area contributed by atoms with Crippen molar-refractivity contribution in [2.45, 2.75) is 30.5 Å². The van der Waals surface area contributed by atoms with E-state index in [2.05, 4.69) is 10.2 Å². The van der Waals surface area contributed by atoms with Crippen LogP contribution in [0.1, 0.15) is 29.1 Å². The topological polar surface area (TPSA) is 52.1 Å². The minimum absolute atomic E-state index is 0.133. The zero-order valence-corrected chi connectivity index (χ0v) is 13.6. The van der Waals surface area contributed by atoms with E-state index in [1.165, 1.54) is 30.2 Å². The molecule has 8 heteroatoms. The summed E-state index contributed by atoms with van der Waals surface area (Å²) in [6, 6.07) is 6.79. The molecule has 0 saturated carbocycles. The maximum absolute atomic E-state index is 12.6. The molecular weight excluding hydrogens is 341 g/mol. The van der Waals surface area contributed by atoms with Gasteiger partial charge in [-0.3, -0.25) is 0 Å². The van der Waals surface area contributed by atoms with Crippen LogP contribution in [0.5, 0.6) is 0 Å². The second-order valence-electron chi connectivity index (χ2n) is 5.14. The Bertz CT molecular complexity index is 824. The van der Waals surface area contributed by atoms with Gasteiger partial charge in [-0.15, -0.1) is 10.2 Å². The number of nitrogens with zero attached hydrogens (tertiary/aromatic N) is 2. The molecule has 126 valence electrons. The number of rotatable bonds is 4. The number of aromatic nitrogens is 2. The first-order chi connectivity index (χ1) is 11.3. The van der Waals surface area contributed by atoms with Gasteiger partial charge in [0, 0.05) is 5.25 Å². The average molecular weight is 354 g/mol. The van der Waals surface area contributed by atoms with Gasteiger partial charge in [-0.05, 0) is 37.6 Å². The fraction of sp³-hybridized carbons (Fsp3) is 0.250. The molecule has 0 radical (unpaired) electrons. The van der Waals surface area contributed by atoms with Crippen molar-refractivity contribution in [3.63, 3.8) is 0 Å². The molecule has 3 rings (SSSR count). The van der Waals surface area contributed by atoms with E-state index in [4.69, 9.17) is 8.83 Å². The smallest absolute Gasteiger partial charge is 0.416 e. The fourth-order valence-electron chi connectivity index (χ4n) is 2.14. The molecule has 2 aromatic heterocycles. The predicted molar refractivity (Wildman–Crippen MR) is 82.5 cm³/mol. The zero-order chi connectivity index (χ0) is 17.3. The standard InChI is InChI=1S/C16H13F3N2O2S/c1-9-13(7-8-22-9)14-20-21-15(23-14)24-10(2)11-3-5-12(6-4-11)16(17,18)19/h3-8,10H,1-2H3. The van der Waals surface area contributed by atoms with Crippen LogP contribution in [0.25, 0.3) is 11.5 Å². The molecular formula is C16H13F3N2O2S. The number of halogens is 3. The molecule has 0 aliphatic heterocycles. The van der Waals surface area contributed by atoms with Crippen molar-refractivity contribution < 1.29 is 22.0 Å². The van der Waals surface area contributed by atoms with Gasteiger partial charge >= 0.3 is 6.18 Å². The lowest BCUT2D eigenvalue weighted by Crippen LogP contribution is -2.04. The monoisotopic (exact) mass is 354 g/mol. The summed E-state index contributed by atoms with van der Waals surface area (Å²) in [4.78, 5) is 0. The second-order valence-corrected chi connectivity index (χ2v) is 6.44. The summed E-state index contributed by atoms with van der Waals surface area (Å²) in [5.41, 5.74) is 0.794. The maximum Gasteiger partial charge on any atom is 0.416 e. The maximum atomic E-state index is 12.6. The van der Waals surface area contributed by atoms with Crippen molar-refractivity contribution in [1.82, 2.24) is 10.2 Å². The first kappa shape index (κ1) is 16.6. The Kier molecular flexibility index (Phi) is 4.40. The van der Waals surface area contributed by atoms with Crippen molar-refractivity contribution in [1.29, 1.82) is 0 Å². The number of thioether (sulfide) groups is 1. The van der Waals surface area contributed by atoms with Crippen LogP contribution >= 0.6 is 11.8 Å². The van der Waals surface area contributed by atoms with Crippen LogP contribution in [0.4, 0.5) is 13.2 Å². The van der Waals surface area contributed by atoms with E-state index < -0.39 is 11.7 Å². The molecule has 0 aliphatic carbocycles. The van der Waals surface area contributed by atoms with Gasteiger partial charge in [-0.25, -0.2) is 0 Å². The Labute approximate surface area is 140 Å². The highest BCUT2D eigenvalue weighted by Gasteiger charge is 2.30. The van der Waals surface area contributed by atoms with Gasteiger partial charge in [0.1, 0.15) is 5.76 Å². The van der Waals surface area contributed by atoms with Gasteiger partial charge < -0.3 is 8.83 Å². The molecule has 0 amide bonds. The van der Waals surface area contributed by atoms with Crippen molar-refractivity contribution in [2.24, 2.45) is 0 Å². The number of aryl methyl sites for hydroxylation is 1. The number of alkyl halides is 3. The van der Waals surface area contributed by atoms with Gasteiger partial charge in [-0.1, -0.05) is 23.9 Å². The third-order valence-electron chi connectivity index (χ3n) is 3.48. The first-order valence-electron chi connectivity index (χ1n) is 7.06. The molecule has 0 N–H and O–H groups in total. The minimum atomic E-state index is -4.33. The van der Waals surface area contributed by atoms with Gasteiger partial charge in [0.2, 0.25) is 0 Å². The molecule has 4 nitrogen and oxygen atoms in total. The molecule has 0 aliphatic rings. The molecule has 0 spiro atoms. The Morgan fingerprint density at radius 3 is 2.38 bits per heavy atom. The summed E-state index contributed by atoms with van der Waals surface area (Å²) >= 11 is 1.28. The highest BCUT2D eigenvalue weighted by Crippen LogP contribution is 2.37. The van der Waals surface area contributed by atoms with E-state index >= 15 is 0 Å². The summed E-state index contributed by atoms with van der Waals surface area (Å²) in [5.74, 6) is 1.02. The van der Waals surface area contributed by atoms with Gasteiger partial charge in [0.15, 0.2) is 0 Å². The lowest BCUT2D eigenvalue weighted by atomic mass is 10.1. The Morgan fingerprint density at radius 1 is 1.08 bits per heavy atom. The summed E-state index contributed by atoms with van der Waals surface area (Å²) in [6.07, 6.45) is -2.80. The molecule has 0 bridgehead atoms. The molecule has 1 aromatic carbocycles. The molecule has 1 unspecified atom stereocenters. The van der Waals surface area contributed by atoms with E-state index in [0.29, 0.717) is 16.9 Å². The first-order valence-corrected chi connectivity index (χ1v) is 7.94. The SMILES string of the molecule is Cc1occc1-c1nnc(SC(C)c2ccc(C(F)(F)F)cc2)o1. The van der Waals surface area contributed by atoms with Gasteiger partial charge in [-0.2, -0.15) is 13.2 Å². The summed E-state index contributed by atoms with van der Waals surface area (Å²) in [6.45, 7) is 3.65. The minimum Gasteiger partial charge on any atom is -0.469 e. The molecule has 24 heavy (non-hydrogen) atoms. The molecule has 0 fully saturated rings. The summed E-state index contributed by atoms with van der Waals surface area (Å²) in [7, 11) is 0. The number of furan rings is 1. The van der Waals surface area contributed by atoms with Crippen molar-refractivity contribution in [2.75, 3.05) is 0 Å². The van der Waals surface area contributed by atoms with E-state index in [1.807, 2.05) is 6.92 Å². The molecule has 1 atom stereocenters.